The molecule has 1 aliphatic rings. The number of aryl methyl sites for hydroxylation is 1. The third-order valence-corrected chi connectivity index (χ3v) is 8.96. The molecule has 0 saturated carbocycles. The summed E-state index contributed by atoms with van der Waals surface area (Å²) in [6.45, 7) is 3.84. The fourth-order valence-electron chi connectivity index (χ4n) is 5.34. The van der Waals surface area contributed by atoms with E-state index in [1.54, 1.807) is 31.2 Å². The van der Waals surface area contributed by atoms with Gasteiger partial charge in [-0.15, -0.1) is 0 Å². The van der Waals surface area contributed by atoms with Gasteiger partial charge in [0.1, 0.15) is 5.75 Å². The predicted molar refractivity (Wildman–Crippen MR) is 161 cm³/mol. The molecule has 13 heteroatoms. The molecule has 0 aliphatic heterocycles. The molecule has 0 saturated heterocycles. The van der Waals surface area contributed by atoms with Crippen molar-refractivity contribution in [3.8, 4) is 5.75 Å². The summed E-state index contributed by atoms with van der Waals surface area (Å²) >= 11 is 6.43. The summed E-state index contributed by atoms with van der Waals surface area (Å²) in [7, 11) is -3.60. The van der Waals surface area contributed by atoms with Crippen molar-refractivity contribution in [1.82, 2.24) is 9.88 Å². The van der Waals surface area contributed by atoms with Crippen LogP contribution in [0.15, 0.2) is 47.3 Å². The number of nitrogens with one attached hydrogen (secondary N) is 2. The standard InChI is InChI=1S/C29H33ClN4O7S/c1-4-34(42(3,40)41)19-10-6-9-18(14-19)23(15-25(35)36)31-29(39)32-26-27(37)20-11-7-13-24(20)33(28(26)38)16-21-17(2)8-5-12-22(21)30/h5-6,8-10,12,14,23,37H,4,7,11,13,15-16H2,1-3H3,(H,35,36)(H2,31,32,39)/t23-/m0/s1. The van der Waals surface area contributed by atoms with Gasteiger partial charge in [-0.3, -0.25) is 13.9 Å². The number of sulfonamides is 1. The molecule has 42 heavy (non-hydrogen) atoms. The van der Waals surface area contributed by atoms with Gasteiger partial charge >= 0.3 is 12.0 Å². The molecule has 0 radical (unpaired) electrons. The molecule has 2 amide bonds. The van der Waals surface area contributed by atoms with Gasteiger partial charge in [0.25, 0.3) is 5.56 Å². The van der Waals surface area contributed by atoms with Crippen molar-refractivity contribution in [1.29, 1.82) is 0 Å². The van der Waals surface area contributed by atoms with E-state index in [1.807, 2.05) is 19.1 Å². The van der Waals surface area contributed by atoms with Crippen molar-refractivity contribution in [2.24, 2.45) is 0 Å². The Morgan fingerprint density at radius 2 is 1.88 bits per heavy atom. The van der Waals surface area contributed by atoms with E-state index >= 15 is 0 Å². The molecule has 0 unspecified atom stereocenters. The lowest BCUT2D eigenvalue weighted by atomic mass is 10.0. The van der Waals surface area contributed by atoms with Crippen LogP contribution in [0.4, 0.5) is 16.2 Å². The number of carbonyl (C=O) groups is 2. The number of pyridine rings is 1. The first-order valence-electron chi connectivity index (χ1n) is 13.4. The number of fused-ring (bicyclic) bond motifs is 1. The Morgan fingerprint density at radius 1 is 1.17 bits per heavy atom. The van der Waals surface area contributed by atoms with E-state index in [4.69, 9.17) is 11.6 Å². The van der Waals surface area contributed by atoms with Crippen molar-refractivity contribution >= 4 is 45.0 Å². The third-order valence-electron chi connectivity index (χ3n) is 7.34. The maximum Gasteiger partial charge on any atom is 0.319 e. The summed E-state index contributed by atoms with van der Waals surface area (Å²) in [5.74, 6) is -1.53. The van der Waals surface area contributed by atoms with Gasteiger partial charge < -0.3 is 25.4 Å². The molecule has 4 N–H and O–H groups in total. The Bertz CT molecular complexity index is 1680. The summed E-state index contributed by atoms with van der Waals surface area (Å²) in [6, 6.07) is 9.63. The van der Waals surface area contributed by atoms with Gasteiger partial charge in [-0.2, -0.15) is 0 Å². The fraction of sp³-hybridized carbons (Fsp3) is 0.345. The summed E-state index contributed by atoms with van der Waals surface area (Å²) in [6.07, 6.45) is 2.36. The van der Waals surface area contributed by atoms with Crippen LogP contribution >= 0.6 is 11.6 Å². The predicted octanol–water partition coefficient (Wildman–Crippen LogP) is 4.18. The Balaban J connectivity index is 1.67. The lowest BCUT2D eigenvalue weighted by Crippen LogP contribution is -2.37. The van der Waals surface area contributed by atoms with E-state index in [-0.39, 0.29) is 24.5 Å². The molecule has 1 atom stereocenters. The lowest BCUT2D eigenvalue weighted by Gasteiger charge is -2.23. The van der Waals surface area contributed by atoms with Gasteiger partial charge in [0, 0.05) is 22.8 Å². The highest BCUT2D eigenvalue weighted by Crippen LogP contribution is 2.35. The number of hydrogen-bond acceptors (Lipinski definition) is 6. The van der Waals surface area contributed by atoms with Crippen molar-refractivity contribution in [3.63, 3.8) is 0 Å². The Kier molecular flexibility index (Phi) is 9.17. The normalized spacial score (nSPS) is 13.3. The molecule has 3 aromatic rings. The maximum atomic E-state index is 13.7. The van der Waals surface area contributed by atoms with Crippen molar-refractivity contribution in [2.75, 3.05) is 22.4 Å². The number of carboxylic acid groups (broad SMARTS) is 1. The monoisotopic (exact) mass is 616 g/mol. The quantitative estimate of drug-likeness (QED) is 0.266. The SMILES string of the molecule is CCN(c1cccc([C@H](CC(=O)O)NC(=O)Nc2c(O)c3c(n(Cc4c(C)cccc4Cl)c2=O)CCC3)c1)S(C)(=O)=O. The van der Waals surface area contributed by atoms with Crippen LogP contribution in [0.5, 0.6) is 5.75 Å². The smallest absolute Gasteiger partial charge is 0.319 e. The zero-order valence-corrected chi connectivity index (χ0v) is 25.1. The lowest BCUT2D eigenvalue weighted by molar-refractivity contribution is -0.137. The second kappa shape index (κ2) is 12.5. The second-order valence-electron chi connectivity index (χ2n) is 10.2. The number of anilines is 2. The molecule has 4 rings (SSSR count). The summed E-state index contributed by atoms with van der Waals surface area (Å²) in [5, 5.41) is 26.0. The van der Waals surface area contributed by atoms with Crippen LogP contribution in [-0.4, -0.2) is 48.0 Å². The number of carboxylic acids is 1. The van der Waals surface area contributed by atoms with Crippen LogP contribution in [-0.2, 0) is 34.2 Å². The van der Waals surface area contributed by atoms with E-state index in [0.29, 0.717) is 40.4 Å². The minimum absolute atomic E-state index is 0.145. The minimum atomic E-state index is -3.60. The van der Waals surface area contributed by atoms with Crippen LogP contribution in [0.2, 0.25) is 5.02 Å². The van der Waals surface area contributed by atoms with Crippen molar-refractivity contribution < 1.29 is 28.2 Å². The molecular weight excluding hydrogens is 584 g/mol. The second-order valence-corrected chi connectivity index (χ2v) is 12.5. The van der Waals surface area contributed by atoms with Crippen LogP contribution in [0.3, 0.4) is 0 Å². The van der Waals surface area contributed by atoms with Gasteiger partial charge in [-0.1, -0.05) is 35.9 Å². The van der Waals surface area contributed by atoms with E-state index in [1.165, 1.54) is 10.6 Å². The molecule has 0 bridgehead atoms. The molecule has 0 fully saturated rings. The number of hydrogen-bond donors (Lipinski definition) is 4. The fourth-order valence-corrected chi connectivity index (χ4v) is 6.58. The number of halogens is 1. The molecule has 0 spiro atoms. The van der Waals surface area contributed by atoms with Crippen LogP contribution < -0.4 is 20.5 Å². The van der Waals surface area contributed by atoms with Gasteiger partial charge in [0.2, 0.25) is 10.0 Å². The number of carbonyl (C=O) groups excluding carboxylic acids is 1. The van der Waals surface area contributed by atoms with Crippen LogP contribution in [0.25, 0.3) is 0 Å². The molecular formula is C29H33ClN4O7S. The number of nitrogens with zero attached hydrogens (tertiary/aromatic N) is 2. The van der Waals surface area contributed by atoms with Gasteiger partial charge in [0.15, 0.2) is 5.69 Å². The Labute approximate surface area is 248 Å². The third kappa shape index (κ3) is 6.55. The van der Waals surface area contributed by atoms with Crippen LogP contribution in [0.1, 0.15) is 53.8 Å². The highest BCUT2D eigenvalue weighted by Gasteiger charge is 2.28. The van der Waals surface area contributed by atoms with E-state index < -0.39 is 40.0 Å². The summed E-state index contributed by atoms with van der Waals surface area (Å²) < 4.78 is 27.1. The van der Waals surface area contributed by atoms with Crippen molar-refractivity contribution in [2.45, 2.75) is 52.1 Å². The number of aromatic hydroxyl groups is 1. The van der Waals surface area contributed by atoms with Crippen molar-refractivity contribution in [3.05, 3.63) is 85.8 Å². The first-order valence-corrected chi connectivity index (χ1v) is 15.6. The molecule has 1 heterocycles. The van der Waals surface area contributed by atoms with Gasteiger partial charge in [-0.25, -0.2) is 13.2 Å². The zero-order valence-electron chi connectivity index (χ0n) is 23.5. The molecule has 1 aromatic heterocycles. The van der Waals surface area contributed by atoms with Gasteiger partial charge in [-0.05, 0) is 68.0 Å². The number of aliphatic carboxylic acids is 1. The average molecular weight is 617 g/mol. The minimum Gasteiger partial charge on any atom is -0.505 e. The van der Waals surface area contributed by atoms with Gasteiger partial charge in [0.05, 0.1) is 31.0 Å². The maximum absolute atomic E-state index is 13.7. The Hall–Kier alpha value is -4.03. The molecule has 11 nitrogen and oxygen atoms in total. The average Bonchev–Trinajstić information content (AvgIpc) is 3.40. The molecule has 1 aliphatic carbocycles. The summed E-state index contributed by atoms with van der Waals surface area (Å²) in [5.41, 5.74) is 2.58. The largest absolute Gasteiger partial charge is 0.505 e. The number of urea groups is 1. The highest BCUT2D eigenvalue weighted by atomic mass is 35.5. The molecule has 224 valence electrons. The number of benzene rings is 2. The summed E-state index contributed by atoms with van der Waals surface area (Å²) in [4.78, 5) is 38.5. The first kappa shape index (κ1) is 30.9. The zero-order chi connectivity index (χ0) is 30.8. The van der Waals surface area contributed by atoms with E-state index in [0.717, 1.165) is 28.1 Å². The topological polar surface area (TPSA) is 158 Å². The van der Waals surface area contributed by atoms with Crippen LogP contribution in [0, 0.1) is 6.92 Å². The highest BCUT2D eigenvalue weighted by molar-refractivity contribution is 7.92. The number of amides is 2. The first-order chi connectivity index (χ1) is 19.8. The van der Waals surface area contributed by atoms with E-state index in [2.05, 4.69) is 10.6 Å². The Morgan fingerprint density at radius 3 is 2.52 bits per heavy atom. The number of rotatable bonds is 10. The van der Waals surface area contributed by atoms with E-state index in [9.17, 15) is 33.0 Å². The molecule has 2 aromatic carbocycles. The number of aromatic nitrogens is 1.